The molecule has 116 valence electrons. The minimum Gasteiger partial charge on any atom is -0.454 e. The number of halogens is 3. The van der Waals surface area contributed by atoms with Crippen molar-refractivity contribution in [3.8, 4) is 0 Å². The Kier molecular flexibility index (Phi) is 3.80. The van der Waals surface area contributed by atoms with Crippen LogP contribution in [-0.4, -0.2) is 5.97 Å². The molecule has 1 aromatic carbocycles. The van der Waals surface area contributed by atoms with Crippen molar-refractivity contribution in [1.82, 2.24) is 0 Å². The van der Waals surface area contributed by atoms with Crippen molar-refractivity contribution in [3.63, 3.8) is 0 Å². The summed E-state index contributed by atoms with van der Waals surface area (Å²) in [6.45, 7) is 5.47. The van der Waals surface area contributed by atoms with Gasteiger partial charge in [0.15, 0.2) is 0 Å². The number of hydrogen-bond donors (Lipinski definition) is 0. The number of rotatable bonds is 2. The number of esters is 1. The van der Waals surface area contributed by atoms with Crippen molar-refractivity contribution < 1.29 is 22.7 Å². The molecule has 1 aliphatic rings. The molecule has 1 atom stereocenters. The van der Waals surface area contributed by atoms with Gasteiger partial charge in [-0.15, -0.1) is 0 Å². The topological polar surface area (TPSA) is 26.3 Å². The summed E-state index contributed by atoms with van der Waals surface area (Å²) < 4.78 is 43.4. The summed E-state index contributed by atoms with van der Waals surface area (Å²) in [6, 6.07) is 4.94. The monoisotopic (exact) mass is 300 g/mol. The maximum Gasteiger partial charge on any atom is 0.416 e. The third kappa shape index (κ3) is 3.39. The Morgan fingerprint density at radius 3 is 2.10 bits per heavy atom. The van der Waals surface area contributed by atoms with Crippen LogP contribution in [0.5, 0.6) is 0 Å². The van der Waals surface area contributed by atoms with Crippen molar-refractivity contribution in [2.45, 2.75) is 51.8 Å². The highest BCUT2D eigenvalue weighted by Gasteiger charge is 2.47. The number of ether oxygens (including phenoxy) is 1. The van der Waals surface area contributed by atoms with E-state index in [1.807, 2.05) is 0 Å². The first-order valence-electron chi connectivity index (χ1n) is 6.91. The highest BCUT2D eigenvalue weighted by molar-refractivity contribution is 5.67. The largest absolute Gasteiger partial charge is 0.454 e. The molecule has 0 amide bonds. The van der Waals surface area contributed by atoms with E-state index in [4.69, 9.17) is 4.74 Å². The molecule has 1 saturated carbocycles. The summed E-state index contributed by atoms with van der Waals surface area (Å²) in [7, 11) is 0. The van der Waals surface area contributed by atoms with Gasteiger partial charge in [-0.2, -0.15) is 13.2 Å². The molecule has 1 aromatic rings. The predicted octanol–water partition coefficient (Wildman–Crippen LogP) is 4.67. The standard InChI is InChI=1S/C16H19F3O2/c1-11(20)21-15(9-8-14(2,3)10-15)12-4-6-13(7-5-12)16(17,18)19/h4-7H,8-10H2,1-3H3. The highest BCUT2D eigenvalue weighted by atomic mass is 19.4. The van der Waals surface area contributed by atoms with Crippen LogP contribution in [0.25, 0.3) is 0 Å². The summed E-state index contributed by atoms with van der Waals surface area (Å²) in [4.78, 5) is 11.4. The van der Waals surface area contributed by atoms with Crippen LogP contribution < -0.4 is 0 Å². The first-order chi connectivity index (χ1) is 9.54. The molecule has 0 aliphatic heterocycles. The quantitative estimate of drug-likeness (QED) is 0.742. The minimum absolute atomic E-state index is 0.00184. The zero-order valence-electron chi connectivity index (χ0n) is 12.4. The fourth-order valence-corrected chi connectivity index (χ4v) is 3.12. The maximum atomic E-state index is 12.6. The van der Waals surface area contributed by atoms with Gasteiger partial charge in [0, 0.05) is 6.92 Å². The van der Waals surface area contributed by atoms with Gasteiger partial charge in [-0.3, -0.25) is 4.79 Å². The number of carbonyl (C=O) groups excluding carboxylic acids is 1. The minimum atomic E-state index is -4.36. The van der Waals surface area contributed by atoms with Gasteiger partial charge in [0.1, 0.15) is 5.60 Å². The molecule has 21 heavy (non-hydrogen) atoms. The average Bonchev–Trinajstić information content (AvgIpc) is 2.64. The molecule has 0 saturated heterocycles. The van der Waals surface area contributed by atoms with Crippen molar-refractivity contribution in [2.24, 2.45) is 5.41 Å². The third-order valence-corrected chi connectivity index (χ3v) is 4.05. The molecular formula is C16H19F3O2. The van der Waals surface area contributed by atoms with Crippen LogP contribution in [0.3, 0.4) is 0 Å². The fraction of sp³-hybridized carbons (Fsp3) is 0.562. The Balaban J connectivity index is 2.37. The lowest BCUT2D eigenvalue weighted by Crippen LogP contribution is -2.30. The van der Waals surface area contributed by atoms with E-state index in [-0.39, 0.29) is 5.41 Å². The third-order valence-electron chi connectivity index (χ3n) is 4.05. The zero-order chi connectivity index (χ0) is 15.9. The van der Waals surface area contributed by atoms with E-state index in [9.17, 15) is 18.0 Å². The second-order valence-electron chi connectivity index (χ2n) is 6.50. The lowest BCUT2D eigenvalue weighted by atomic mass is 9.85. The zero-order valence-corrected chi connectivity index (χ0v) is 12.4. The van der Waals surface area contributed by atoms with Crippen LogP contribution in [0.2, 0.25) is 0 Å². The molecule has 0 N–H and O–H groups in total. The average molecular weight is 300 g/mol. The maximum absolute atomic E-state index is 12.6. The molecule has 1 aliphatic carbocycles. The van der Waals surface area contributed by atoms with E-state index in [0.29, 0.717) is 18.4 Å². The van der Waals surface area contributed by atoms with Crippen molar-refractivity contribution in [3.05, 3.63) is 35.4 Å². The second kappa shape index (κ2) is 5.04. The SMILES string of the molecule is CC(=O)OC1(c2ccc(C(F)(F)F)cc2)CCC(C)(C)C1. The molecule has 2 nitrogen and oxygen atoms in total. The molecule has 0 heterocycles. The van der Waals surface area contributed by atoms with Gasteiger partial charge in [0.2, 0.25) is 0 Å². The van der Waals surface area contributed by atoms with Gasteiger partial charge >= 0.3 is 12.1 Å². The van der Waals surface area contributed by atoms with Crippen molar-refractivity contribution in [1.29, 1.82) is 0 Å². The van der Waals surface area contributed by atoms with E-state index in [1.165, 1.54) is 19.1 Å². The van der Waals surface area contributed by atoms with E-state index < -0.39 is 23.3 Å². The fourth-order valence-electron chi connectivity index (χ4n) is 3.12. The van der Waals surface area contributed by atoms with Crippen LogP contribution in [0.15, 0.2) is 24.3 Å². The van der Waals surface area contributed by atoms with Crippen molar-refractivity contribution >= 4 is 5.97 Å². The predicted molar refractivity (Wildman–Crippen MR) is 72.5 cm³/mol. The molecular weight excluding hydrogens is 281 g/mol. The van der Waals surface area contributed by atoms with Gasteiger partial charge in [0.25, 0.3) is 0 Å². The molecule has 1 fully saturated rings. The van der Waals surface area contributed by atoms with Gasteiger partial charge < -0.3 is 4.74 Å². The molecule has 2 rings (SSSR count). The Morgan fingerprint density at radius 2 is 1.71 bits per heavy atom. The summed E-state index contributed by atoms with van der Waals surface area (Å²) in [6.07, 6.45) is -2.25. The van der Waals surface area contributed by atoms with E-state index in [1.54, 1.807) is 0 Å². The summed E-state index contributed by atoms with van der Waals surface area (Å²) >= 11 is 0. The number of carbonyl (C=O) groups is 1. The molecule has 5 heteroatoms. The van der Waals surface area contributed by atoms with Crippen molar-refractivity contribution in [2.75, 3.05) is 0 Å². The molecule has 0 radical (unpaired) electrons. The van der Waals surface area contributed by atoms with Crippen LogP contribution in [0.4, 0.5) is 13.2 Å². The summed E-state index contributed by atoms with van der Waals surface area (Å²) in [5.74, 6) is -0.410. The smallest absolute Gasteiger partial charge is 0.416 e. The van der Waals surface area contributed by atoms with Crippen LogP contribution in [0.1, 0.15) is 51.2 Å². The number of hydrogen-bond acceptors (Lipinski definition) is 2. The normalized spacial score (nSPS) is 24.9. The van der Waals surface area contributed by atoms with Crippen LogP contribution in [0, 0.1) is 5.41 Å². The Labute approximate surface area is 122 Å². The van der Waals surface area contributed by atoms with Crippen LogP contribution in [-0.2, 0) is 21.3 Å². The summed E-state index contributed by atoms with van der Waals surface area (Å²) in [5.41, 5.74) is -0.866. The van der Waals surface area contributed by atoms with Crippen LogP contribution >= 0.6 is 0 Å². The first kappa shape index (κ1) is 15.9. The molecule has 0 bridgehead atoms. The first-order valence-corrected chi connectivity index (χ1v) is 6.91. The Morgan fingerprint density at radius 1 is 1.14 bits per heavy atom. The van der Waals surface area contributed by atoms with Gasteiger partial charge in [-0.05, 0) is 42.4 Å². The second-order valence-corrected chi connectivity index (χ2v) is 6.50. The lowest BCUT2D eigenvalue weighted by molar-refractivity contribution is -0.158. The Hall–Kier alpha value is -1.52. The summed E-state index contributed by atoms with van der Waals surface area (Å²) in [5, 5.41) is 0. The lowest BCUT2D eigenvalue weighted by Gasteiger charge is -2.31. The van der Waals surface area contributed by atoms with Gasteiger partial charge in [-0.25, -0.2) is 0 Å². The van der Waals surface area contributed by atoms with E-state index in [0.717, 1.165) is 18.6 Å². The van der Waals surface area contributed by atoms with E-state index in [2.05, 4.69) is 13.8 Å². The Bertz CT molecular complexity index is 531. The highest BCUT2D eigenvalue weighted by Crippen LogP contribution is 2.51. The van der Waals surface area contributed by atoms with Gasteiger partial charge in [-0.1, -0.05) is 26.0 Å². The number of alkyl halides is 3. The molecule has 0 spiro atoms. The molecule has 1 unspecified atom stereocenters. The number of benzene rings is 1. The molecule has 0 aromatic heterocycles. The van der Waals surface area contributed by atoms with Gasteiger partial charge in [0.05, 0.1) is 5.56 Å². The van der Waals surface area contributed by atoms with E-state index >= 15 is 0 Å².